The molecule has 0 N–H and O–H groups in total. The molecule has 0 amide bonds. The lowest BCUT2D eigenvalue weighted by atomic mass is 10.3. The molecule has 4 heteroatoms. The van der Waals surface area contributed by atoms with Crippen molar-refractivity contribution in [3.05, 3.63) is 59.9 Å². The average molecular weight is 221 g/mol. The number of rotatable bonds is 3. The Morgan fingerprint density at radius 2 is 1.62 bits per heavy atom. The van der Waals surface area contributed by atoms with Crippen molar-refractivity contribution in [2.45, 2.75) is 6.61 Å². The van der Waals surface area contributed by atoms with Gasteiger partial charge < -0.3 is 4.74 Å². The van der Waals surface area contributed by atoms with E-state index in [0.717, 1.165) is 23.8 Å². The maximum atomic E-state index is 12.8. The summed E-state index contributed by atoms with van der Waals surface area (Å²) in [6.07, 6.45) is 3.26. The Morgan fingerprint density at radius 3 is 2.25 bits per heavy atom. The van der Waals surface area contributed by atoms with Crippen LogP contribution in [0.25, 0.3) is 0 Å². The van der Waals surface area contributed by atoms with Gasteiger partial charge in [-0.1, -0.05) is 0 Å². The van der Waals surface area contributed by atoms with Crippen molar-refractivity contribution >= 4 is 0 Å². The van der Waals surface area contributed by atoms with Crippen molar-refractivity contribution in [1.29, 1.82) is 0 Å². The van der Waals surface area contributed by atoms with Gasteiger partial charge in [0, 0.05) is 30.6 Å². The van der Waals surface area contributed by atoms with Crippen LogP contribution in [-0.4, -0.2) is 4.98 Å². The van der Waals surface area contributed by atoms with E-state index in [2.05, 4.69) is 4.98 Å². The smallest absolute Gasteiger partial charge is 0.129 e. The van der Waals surface area contributed by atoms with Crippen molar-refractivity contribution in [2.75, 3.05) is 0 Å². The summed E-state index contributed by atoms with van der Waals surface area (Å²) in [6.45, 7) is 0.255. The second-order valence-corrected chi connectivity index (χ2v) is 3.25. The van der Waals surface area contributed by atoms with Crippen LogP contribution in [0.5, 0.6) is 5.75 Å². The fourth-order valence-corrected chi connectivity index (χ4v) is 1.26. The van der Waals surface area contributed by atoms with Crippen LogP contribution in [0.1, 0.15) is 5.56 Å². The molecule has 1 aromatic carbocycles. The molecule has 0 aliphatic heterocycles. The molecule has 1 heterocycles. The maximum absolute atomic E-state index is 12.8. The van der Waals surface area contributed by atoms with Gasteiger partial charge in [-0.3, -0.25) is 4.98 Å². The fourth-order valence-electron chi connectivity index (χ4n) is 1.26. The molecule has 0 aliphatic carbocycles. The van der Waals surface area contributed by atoms with Crippen molar-refractivity contribution in [2.24, 2.45) is 0 Å². The molecule has 0 unspecified atom stereocenters. The molecular formula is C12H9F2NO. The average Bonchev–Trinajstić information content (AvgIpc) is 2.27. The Balaban J connectivity index is 2.05. The van der Waals surface area contributed by atoms with Gasteiger partial charge in [-0.05, 0) is 17.7 Å². The molecule has 16 heavy (non-hydrogen) atoms. The zero-order valence-corrected chi connectivity index (χ0v) is 8.36. The van der Waals surface area contributed by atoms with E-state index in [4.69, 9.17) is 4.74 Å². The fraction of sp³-hybridized carbons (Fsp3) is 0.0833. The van der Waals surface area contributed by atoms with E-state index >= 15 is 0 Å². The van der Waals surface area contributed by atoms with Gasteiger partial charge in [0.25, 0.3) is 0 Å². The van der Waals surface area contributed by atoms with Gasteiger partial charge in [0.15, 0.2) is 0 Å². The molecule has 82 valence electrons. The van der Waals surface area contributed by atoms with Crippen LogP contribution in [0, 0.1) is 11.6 Å². The minimum absolute atomic E-state index is 0.175. The van der Waals surface area contributed by atoms with E-state index in [1.165, 1.54) is 0 Å². The molecule has 0 saturated heterocycles. The number of pyridine rings is 1. The number of nitrogens with zero attached hydrogens (tertiary/aromatic N) is 1. The molecule has 0 aliphatic rings. The largest absolute Gasteiger partial charge is 0.489 e. The van der Waals surface area contributed by atoms with Crippen LogP contribution in [0.4, 0.5) is 8.78 Å². The number of hydrogen-bond acceptors (Lipinski definition) is 2. The Labute approximate surface area is 91.5 Å². The zero-order chi connectivity index (χ0) is 11.4. The Bertz CT molecular complexity index is 453. The zero-order valence-electron chi connectivity index (χ0n) is 8.36. The van der Waals surface area contributed by atoms with E-state index in [-0.39, 0.29) is 12.4 Å². The highest BCUT2D eigenvalue weighted by Crippen LogP contribution is 2.16. The Kier molecular flexibility index (Phi) is 3.10. The van der Waals surface area contributed by atoms with E-state index in [0.29, 0.717) is 0 Å². The first-order valence-corrected chi connectivity index (χ1v) is 4.72. The lowest BCUT2D eigenvalue weighted by Crippen LogP contribution is -1.96. The first kappa shape index (κ1) is 10.5. The van der Waals surface area contributed by atoms with Crippen molar-refractivity contribution in [3.63, 3.8) is 0 Å². The second kappa shape index (κ2) is 4.70. The second-order valence-electron chi connectivity index (χ2n) is 3.25. The summed E-state index contributed by atoms with van der Waals surface area (Å²) in [4.78, 5) is 3.85. The standard InChI is InChI=1S/C12H9F2NO/c13-10-5-11(14)7-12(6-10)16-8-9-1-3-15-4-2-9/h1-7H,8H2. The maximum Gasteiger partial charge on any atom is 0.129 e. The summed E-state index contributed by atoms with van der Waals surface area (Å²) in [5, 5.41) is 0. The topological polar surface area (TPSA) is 22.1 Å². The summed E-state index contributed by atoms with van der Waals surface area (Å²) in [6, 6.07) is 6.64. The molecule has 1 aromatic heterocycles. The minimum atomic E-state index is -0.648. The van der Waals surface area contributed by atoms with E-state index in [1.807, 2.05) is 0 Å². The predicted octanol–water partition coefficient (Wildman–Crippen LogP) is 2.94. The van der Waals surface area contributed by atoms with Crippen LogP contribution in [0.2, 0.25) is 0 Å². The molecule has 0 radical (unpaired) electrons. The third kappa shape index (κ3) is 2.76. The minimum Gasteiger partial charge on any atom is -0.489 e. The summed E-state index contributed by atoms with van der Waals surface area (Å²) < 4.78 is 30.9. The number of halogens is 2. The molecule has 2 rings (SSSR count). The highest BCUT2D eigenvalue weighted by molar-refractivity contribution is 5.24. The third-order valence-electron chi connectivity index (χ3n) is 1.99. The molecule has 2 nitrogen and oxygen atoms in total. The number of aromatic nitrogens is 1. The van der Waals surface area contributed by atoms with Gasteiger partial charge in [0.1, 0.15) is 24.0 Å². The Morgan fingerprint density at radius 1 is 1.00 bits per heavy atom. The molecule has 0 atom stereocenters. The summed E-state index contributed by atoms with van der Waals surface area (Å²) in [7, 11) is 0. The van der Waals surface area contributed by atoms with Crippen LogP contribution in [-0.2, 0) is 6.61 Å². The lowest BCUT2D eigenvalue weighted by molar-refractivity contribution is 0.302. The number of hydrogen-bond donors (Lipinski definition) is 0. The predicted molar refractivity (Wildman–Crippen MR) is 54.9 cm³/mol. The molecule has 0 bridgehead atoms. The molecule has 0 saturated carbocycles. The van der Waals surface area contributed by atoms with E-state index in [1.54, 1.807) is 24.5 Å². The van der Waals surface area contributed by atoms with Crippen LogP contribution in [0.15, 0.2) is 42.7 Å². The SMILES string of the molecule is Fc1cc(F)cc(OCc2ccncc2)c1. The van der Waals surface area contributed by atoms with Crippen LogP contribution in [0.3, 0.4) is 0 Å². The van der Waals surface area contributed by atoms with Crippen molar-refractivity contribution in [1.82, 2.24) is 4.98 Å². The number of ether oxygens (including phenoxy) is 1. The molecule has 0 spiro atoms. The first-order valence-electron chi connectivity index (χ1n) is 4.72. The van der Waals surface area contributed by atoms with Gasteiger partial charge in [-0.15, -0.1) is 0 Å². The first-order chi connectivity index (χ1) is 7.74. The van der Waals surface area contributed by atoms with Crippen LogP contribution < -0.4 is 4.74 Å². The monoisotopic (exact) mass is 221 g/mol. The third-order valence-corrected chi connectivity index (χ3v) is 1.99. The molecule has 0 fully saturated rings. The summed E-state index contributed by atoms with van der Waals surface area (Å²) in [5.74, 6) is -1.12. The quantitative estimate of drug-likeness (QED) is 0.795. The highest BCUT2D eigenvalue weighted by Gasteiger charge is 2.01. The summed E-state index contributed by atoms with van der Waals surface area (Å²) in [5.41, 5.74) is 0.889. The van der Waals surface area contributed by atoms with Gasteiger partial charge in [-0.2, -0.15) is 0 Å². The highest BCUT2D eigenvalue weighted by atomic mass is 19.1. The van der Waals surface area contributed by atoms with Gasteiger partial charge in [0.2, 0.25) is 0 Å². The van der Waals surface area contributed by atoms with Crippen molar-refractivity contribution in [3.8, 4) is 5.75 Å². The Hall–Kier alpha value is -1.97. The van der Waals surface area contributed by atoms with Gasteiger partial charge in [-0.25, -0.2) is 8.78 Å². The molecule has 2 aromatic rings. The van der Waals surface area contributed by atoms with Gasteiger partial charge >= 0.3 is 0 Å². The van der Waals surface area contributed by atoms with E-state index < -0.39 is 11.6 Å². The summed E-state index contributed by atoms with van der Waals surface area (Å²) >= 11 is 0. The van der Waals surface area contributed by atoms with Crippen molar-refractivity contribution < 1.29 is 13.5 Å². The van der Waals surface area contributed by atoms with E-state index in [9.17, 15) is 8.78 Å². The molecular weight excluding hydrogens is 212 g/mol. The van der Waals surface area contributed by atoms with Gasteiger partial charge in [0.05, 0.1) is 0 Å². The lowest BCUT2D eigenvalue weighted by Gasteiger charge is -2.06. The van der Waals surface area contributed by atoms with Crippen LogP contribution >= 0.6 is 0 Å². The number of benzene rings is 1. The normalized spacial score (nSPS) is 10.1.